The first-order valence-electron chi connectivity index (χ1n) is 5.12. The molecule has 0 aromatic rings. The van der Waals surface area contributed by atoms with Crippen molar-refractivity contribution in [2.24, 2.45) is 11.8 Å². The highest BCUT2D eigenvalue weighted by Crippen LogP contribution is 2.28. The highest BCUT2D eigenvalue weighted by atomic mass is 32.1. The molecule has 3 heteroatoms. The Morgan fingerprint density at radius 2 is 2.00 bits per heavy atom. The van der Waals surface area contributed by atoms with Crippen molar-refractivity contribution in [3.05, 3.63) is 0 Å². The van der Waals surface area contributed by atoms with Crippen molar-refractivity contribution in [2.75, 3.05) is 12.3 Å². The van der Waals surface area contributed by atoms with Gasteiger partial charge in [-0.2, -0.15) is 12.6 Å². The molecule has 1 amide bonds. The van der Waals surface area contributed by atoms with E-state index < -0.39 is 0 Å². The van der Waals surface area contributed by atoms with E-state index >= 15 is 0 Å². The molecule has 1 saturated carbocycles. The third kappa shape index (κ3) is 3.59. The second-order valence-corrected chi connectivity index (χ2v) is 4.42. The summed E-state index contributed by atoms with van der Waals surface area (Å²) < 4.78 is 0. The molecule has 0 radical (unpaired) electrons. The fourth-order valence-electron chi connectivity index (χ4n) is 1.85. The number of amides is 1. The lowest BCUT2D eigenvalue weighted by atomic mass is 9.82. The van der Waals surface area contributed by atoms with Crippen LogP contribution in [0.15, 0.2) is 0 Å². The molecule has 1 rings (SSSR count). The summed E-state index contributed by atoms with van der Waals surface area (Å²) in [5.41, 5.74) is 0. The highest BCUT2D eigenvalue weighted by Gasteiger charge is 2.23. The predicted molar refractivity (Wildman–Crippen MR) is 58.0 cm³/mol. The van der Waals surface area contributed by atoms with Crippen LogP contribution < -0.4 is 5.32 Å². The molecule has 0 aromatic heterocycles. The van der Waals surface area contributed by atoms with Crippen LogP contribution in [0, 0.1) is 11.8 Å². The van der Waals surface area contributed by atoms with Crippen LogP contribution in [-0.4, -0.2) is 18.2 Å². The summed E-state index contributed by atoms with van der Waals surface area (Å²) in [5, 5.41) is 2.90. The molecule has 0 saturated heterocycles. The van der Waals surface area contributed by atoms with Gasteiger partial charge in [0.15, 0.2) is 0 Å². The van der Waals surface area contributed by atoms with Crippen LogP contribution in [0.3, 0.4) is 0 Å². The Balaban J connectivity index is 2.23. The second-order valence-electron chi connectivity index (χ2n) is 3.97. The standard InChI is InChI=1S/C10H19NOS/c1-8-2-4-9(5-3-8)10(12)11-6-7-13/h8-9,13H,2-7H2,1H3,(H,11,12). The Hall–Kier alpha value is -0.180. The number of carbonyl (C=O) groups is 1. The number of hydrogen-bond acceptors (Lipinski definition) is 2. The first-order chi connectivity index (χ1) is 6.24. The lowest BCUT2D eigenvalue weighted by Crippen LogP contribution is -2.34. The van der Waals surface area contributed by atoms with E-state index in [1.54, 1.807) is 0 Å². The number of carbonyl (C=O) groups excluding carboxylic acids is 1. The first-order valence-corrected chi connectivity index (χ1v) is 5.76. The molecule has 1 fully saturated rings. The van der Waals surface area contributed by atoms with Gasteiger partial charge in [0.2, 0.25) is 5.91 Å². The molecular formula is C10H19NOS. The van der Waals surface area contributed by atoms with E-state index in [1.165, 1.54) is 12.8 Å². The Morgan fingerprint density at radius 1 is 1.38 bits per heavy atom. The highest BCUT2D eigenvalue weighted by molar-refractivity contribution is 7.80. The Bertz CT molecular complexity index is 164. The van der Waals surface area contributed by atoms with Gasteiger partial charge >= 0.3 is 0 Å². The van der Waals surface area contributed by atoms with Gasteiger partial charge in [-0.05, 0) is 31.6 Å². The van der Waals surface area contributed by atoms with Crippen molar-refractivity contribution >= 4 is 18.5 Å². The van der Waals surface area contributed by atoms with Gasteiger partial charge in [-0.1, -0.05) is 6.92 Å². The van der Waals surface area contributed by atoms with Crippen molar-refractivity contribution in [1.82, 2.24) is 5.32 Å². The lowest BCUT2D eigenvalue weighted by molar-refractivity contribution is -0.126. The van der Waals surface area contributed by atoms with Crippen molar-refractivity contribution < 1.29 is 4.79 Å². The summed E-state index contributed by atoms with van der Waals surface area (Å²) in [5.74, 6) is 2.06. The Labute approximate surface area is 85.9 Å². The lowest BCUT2D eigenvalue weighted by Gasteiger charge is -2.25. The summed E-state index contributed by atoms with van der Waals surface area (Å²) >= 11 is 4.06. The smallest absolute Gasteiger partial charge is 0.223 e. The summed E-state index contributed by atoms with van der Waals surface area (Å²) in [6.07, 6.45) is 4.55. The zero-order valence-electron chi connectivity index (χ0n) is 8.25. The number of nitrogens with one attached hydrogen (secondary N) is 1. The van der Waals surface area contributed by atoms with Gasteiger partial charge in [-0.25, -0.2) is 0 Å². The third-order valence-electron chi connectivity index (χ3n) is 2.80. The largest absolute Gasteiger partial charge is 0.355 e. The van der Waals surface area contributed by atoms with E-state index in [0.29, 0.717) is 6.54 Å². The quantitative estimate of drug-likeness (QED) is 0.671. The monoisotopic (exact) mass is 201 g/mol. The van der Waals surface area contributed by atoms with E-state index in [1.807, 2.05) is 0 Å². The summed E-state index contributed by atoms with van der Waals surface area (Å²) in [7, 11) is 0. The molecule has 1 aliphatic carbocycles. The van der Waals surface area contributed by atoms with E-state index in [4.69, 9.17) is 0 Å². The molecule has 13 heavy (non-hydrogen) atoms. The summed E-state index contributed by atoms with van der Waals surface area (Å²) in [6.45, 7) is 2.97. The van der Waals surface area contributed by atoms with Gasteiger partial charge < -0.3 is 5.32 Å². The van der Waals surface area contributed by atoms with Gasteiger partial charge in [0.25, 0.3) is 0 Å². The first kappa shape index (κ1) is 10.9. The van der Waals surface area contributed by atoms with Crippen molar-refractivity contribution in [3.8, 4) is 0 Å². The number of rotatable bonds is 3. The SMILES string of the molecule is CC1CCC(C(=O)NCCS)CC1. The minimum absolute atomic E-state index is 0.237. The molecule has 0 bridgehead atoms. The average molecular weight is 201 g/mol. The predicted octanol–water partition coefficient (Wildman–Crippen LogP) is 1.86. The van der Waals surface area contributed by atoms with Crippen LogP contribution in [-0.2, 0) is 4.79 Å². The third-order valence-corrected chi connectivity index (χ3v) is 3.02. The van der Waals surface area contributed by atoms with Crippen LogP contribution in [0.2, 0.25) is 0 Å². The molecule has 1 aliphatic rings. The van der Waals surface area contributed by atoms with Crippen LogP contribution in [0.1, 0.15) is 32.6 Å². The van der Waals surface area contributed by atoms with E-state index in [9.17, 15) is 4.79 Å². The second kappa shape index (κ2) is 5.53. The maximum Gasteiger partial charge on any atom is 0.223 e. The zero-order chi connectivity index (χ0) is 9.68. The van der Waals surface area contributed by atoms with Gasteiger partial charge in [-0.3, -0.25) is 4.79 Å². The molecule has 1 N–H and O–H groups in total. The van der Waals surface area contributed by atoms with Crippen molar-refractivity contribution in [2.45, 2.75) is 32.6 Å². The minimum Gasteiger partial charge on any atom is -0.355 e. The minimum atomic E-state index is 0.237. The Kier molecular flexibility index (Phi) is 4.64. The Morgan fingerprint density at radius 3 is 2.54 bits per heavy atom. The summed E-state index contributed by atoms with van der Waals surface area (Å²) in [6, 6.07) is 0. The van der Waals surface area contributed by atoms with Gasteiger partial charge in [-0.15, -0.1) is 0 Å². The number of hydrogen-bond donors (Lipinski definition) is 2. The molecule has 0 unspecified atom stereocenters. The molecule has 0 heterocycles. The average Bonchev–Trinajstić information content (AvgIpc) is 2.15. The molecule has 76 valence electrons. The maximum absolute atomic E-state index is 11.5. The van der Waals surface area contributed by atoms with Crippen LogP contribution in [0.5, 0.6) is 0 Å². The van der Waals surface area contributed by atoms with Crippen molar-refractivity contribution in [1.29, 1.82) is 0 Å². The molecular weight excluding hydrogens is 182 g/mol. The van der Waals surface area contributed by atoms with E-state index in [0.717, 1.165) is 24.5 Å². The molecule has 0 atom stereocenters. The molecule has 2 nitrogen and oxygen atoms in total. The molecule has 0 aromatic carbocycles. The fourth-order valence-corrected chi connectivity index (χ4v) is 1.96. The van der Waals surface area contributed by atoms with Gasteiger partial charge in [0.05, 0.1) is 0 Å². The van der Waals surface area contributed by atoms with Crippen LogP contribution >= 0.6 is 12.6 Å². The molecule has 0 spiro atoms. The van der Waals surface area contributed by atoms with Crippen LogP contribution in [0.25, 0.3) is 0 Å². The fraction of sp³-hybridized carbons (Fsp3) is 0.900. The van der Waals surface area contributed by atoms with Gasteiger partial charge in [0, 0.05) is 18.2 Å². The normalized spacial score (nSPS) is 28.5. The van der Waals surface area contributed by atoms with Crippen LogP contribution in [0.4, 0.5) is 0 Å². The zero-order valence-corrected chi connectivity index (χ0v) is 9.15. The topological polar surface area (TPSA) is 29.1 Å². The van der Waals surface area contributed by atoms with Crippen molar-refractivity contribution in [3.63, 3.8) is 0 Å². The number of thiol groups is 1. The van der Waals surface area contributed by atoms with E-state index in [-0.39, 0.29) is 11.8 Å². The van der Waals surface area contributed by atoms with Gasteiger partial charge in [0.1, 0.15) is 0 Å². The molecule has 0 aliphatic heterocycles. The summed E-state index contributed by atoms with van der Waals surface area (Å²) in [4.78, 5) is 11.5. The maximum atomic E-state index is 11.5. The van der Waals surface area contributed by atoms with E-state index in [2.05, 4.69) is 24.9 Å².